The Morgan fingerprint density at radius 3 is 2.78 bits per heavy atom. The number of esters is 1. The Kier molecular flexibility index (Phi) is 4.75. The average Bonchev–Trinajstić information content (AvgIpc) is 2.38. The highest BCUT2D eigenvalue weighted by atomic mass is 79.9. The Labute approximate surface area is 114 Å². The van der Waals surface area contributed by atoms with Gasteiger partial charge in [0.2, 0.25) is 0 Å². The molecule has 0 atom stereocenters. The highest BCUT2D eigenvalue weighted by molar-refractivity contribution is 9.10. The lowest BCUT2D eigenvalue weighted by molar-refractivity contribution is -0.135. The molecule has 0 bridgehead atoms. The molecule has 0 unspecified atom stereocenters. The molecule has 1 aromatic rings. The lowest BCUT2D eigenvalue weighted by Gasteiger charge is -2.08. The van der Waals surface area contributed by atoms with Gasteiger partial charge in [-0.3, -0.25) is 0 Å². The molecule has 0 radical (unpaired) electrons. The molecule has 3 nitrogen and oxygen atoms in total. The van der Waals surface area contributed by atoms with Crippen molar-refractivity contribution in [2.75, 3.05) is 7.11 Å². The van der Waals surface area contributed by atoms with Crippen molar-refractivity contribution >= 4 is 33.7 Å². The third-order valence-corrected chi connectivity index (χ3v) is 2.75. The van der Waals surface area contributed by atoms with Crippen molar-refractivity contribution in [3.8, 4) is 12.3 Å². The third kappa shape index (κ3) is 2.82. The van der Waals surface area contributed by atoms with E-state index in [1.54, 1.807) is 24.3 Å². The number of aliphatic hydroxyl groups excluding tert-OH is 1. The first-order valence-electron chi connectivity index (χ1n) is 4.95. The molecule has 0 spiro atoms. The summed E-state index contributed by atoms with van der Waals surface area (Å²) in [6.45, 7) is 3.64. The summed E-state index contributed by atoms with van der Waals surface area (Å²) >= 11 is 3.31. The fourth-order valence-electron chi connectivity index (χ4n) is 1.38. The summed E-state index contributed by atoms with van der Waals surface area (Å²) in [5, 5.41) is 10.1. The number of carbonyl (C=O) groups is 1. The standard InChI is InChI=1S/C14H11BrO3/c1-4-9-8-10(15)6-7-12(9)13(16)11(5-2)14(17)18-3/h2,4,6-8,16H,1H2,3H3/b13-11-. The third-order valence-electron chi connectivity index (χ3n) is 2.26. The van der Waals surface area contributed by atoms with Crippen molar-refractivity contribution in [1.82, 2.24) is 0 Å². The predicted octanol–water partition coefficient (Wildman–Crippen LogP) is 3.17. The highest BCUT2D eigenvalue weighted by Crippen LogP contribution is 2.25. The van der Waals surface area contributed by atoms with Crippen molar-refractivity contribution in [2.45, 2.75) is 0 Å². The molecular weight excluding hydrogens is 296 g/mol. The molecule has 18 heavy (non-hydrogen) atoms. The van der Waals surface area contributed by atoms with Crippen LogP contribution in [0.25, 0.3) is 11.8 Å². The van der Waals surface area contributed by atoms with Gasteiger partial charge in [0.05, 0.1) is 7.11 Å². The minimum Gasteiger partial charge on any atom is -0.506 e. The van der Waals surface area contributed by atoms with Crippen LogP contribution >= 0.6 is 15.9 Å². The molecule has 0 fully saturated rings. The lowest BCUT2D eigenvalue weighted by Crippen LogP contribution is -2.06. The molecule has 4 heteroatoms. The maximum absolute atomic E-state index is 11.4. The number of hydrogen-bond donors (Lipinski definition) is 1. The molecule has 92 valence electrons. The number of rotatable bonds is 3. The van der Waals surface area contributed by atoms with Gasteiger partial charge in [-0.2, -0.15) is 0 Å². The number of aliphatic hydroxyl groups is 1. The molecule has 0 heterocycles. The van der Waals surface area contributed by atoms with Crippen molar-refractivity contribution < 1.29 is 14.6 Å². The van der Waals surface area contributed by atoms with Gasteiger partial charge in [-0.25, -0.2) is 4.79 Å². The number of benzene rings is 1. The smallest absolute Gasteiger partial charge is 0.350 e. The van der Waals surface area contributed by atoms with Crippen LogP contribution in [0.3, 0.4) is 0 Å². The monoisotopic (exact) mass is 306 g/mol. The summed E-state index contributed by atoms with van der Waals surface area (Å²) in [6, 6.07) is 5.12. The normalized spacial score (nSPS) is 11.2. The number of methoxy groups -OCH3 is 1. The van der Waals surface area contributed by atoms with Gasteiger partial charge in [-0.15, -0.1) is 6.42 Å². The predicted molar refractivity (Wildman–Crippen MR) is 74.6 cm³/mol. The van der Waals surface area contributed by atoms with Crippen LogP contribution in [0, 0.1) is 12.3 Å². The Bertz CT molecular complexity index is 565. The zero-order valence-corrected chi connectivity index (χ0v) is 11.3. The van der Waals surface area contributed by atoms with Gasteiger partial charge in [0, 0.05) is 10.0 Å². The maximum atomic E-state index is 11.4. The average molecular weight is 307 g/mol. The van der Waals surface area contributed by atoms with Gasteiger partial charge in [-0.1, -0.05) is 34.5 Å². The van der Waals surface area contributed by atoms with E-state index in [2.05, 4.69) is 33.2 Å². The van der Waals surface area contributed by atoms with E-state index in [0.717, 1.165) is 4.47 Å². The first-order chi connectivity index (χ1) is 8.54. The summed E-state index contributed by atoms with van der Waals surface area (Å²) in [5.41, 5.74) is 0.855. The van der Waals surface area contributed by atoms with Gasteiger partial charge >= 0.3 is 5.97 Å². The number of ether oxygens (including phenoxy) is 1. The van der Waals surface area contributed by atoms with Gasteiger partial charge in [0.1, 0.15) is 5.76 Å². The van der Waals surface area contributed by atoms with E-state index < -0.39 is 5.97 Å². The molecule has 1 N–H and O–H groups in total. The molecule has 0 amide bonds. The van der Waals surface area contributed by atoms with Gasteiger partial charge in [-0.05, 0) is 23.8 Å². The van der Waals surface area contributed by atoms with Gasteiger partial charge in [0.25, 0.3) is 0 Å². The topological polar surface area (TPSA) is 46.5 Å². The minimum absolute atomic E-state index is 0.220. The highest BCUT2D eigenvalue weighted by Gasteiger charge is 2.16. The zero-order chi connectivity index (χ0) is 13.7. The van der Waals surface area contributed by atoms with E-state index in [0.29, 0.717) is 11.1 Å². The van der Waals surface area contributed by atoms with E-state index in [1.807, 2.05) is 0 Å². The quantitative estimate of drug-likeness (QED) is 0.404. The molecule has 0 saturated heterocycles. The van der Waals surface area contributed by atoms with Crippen LogP contribution in [-0.4, -0.2) is 18.2 Å². The van der Waals surface area contributed by atoms with Crippen LogP contribution in [0.4, 0.5) is 0 Å². The Hall–Kier alpha value is -1.99. The van der Waals surface area contributed by atoms with Crippen molar-refractivity contribution in [1.29, 1.82) is 0 Å². The molecule has 0 aliphatic rings. The second kappa shape index (κ2) is 6.08. The van der Waals surface area contributed by atoms with E-state index >= 15 is 0 Å². The maximum Gasteiger partial charge on any atom is 0.350 e. The second-order valence-corrected chi connectivity index (χ2v) is 4.21. The van der Waals surface area contributed by atoms with Crippen LogP contribution in [0.5, 0.6) is 0 Å². The van der Waals surface area contributed by atoms with E-state index in [1.165, 1.54) is 7.11 Å². The first-order valence-corrected chi connectivity index (χ1v) is 5.75. The van der Waals surface area contributed by atoms with Crippen molar-refractivity contribution in [2.24, 2.45) is 0 Å². The van der Waals surface area contributed by atoms with E-state index in [4.69, 9.17) is 6.42 Å². The summed E-state index contributed by atoms with van der Waals surface area (Å²) in [7, 11) is 1.20. The number of carbonyl (C=O) groups excluding carboxylic acids is 1. The zero-order valence-electron chi connectivity index (χ0n) is 9.74. The molecule has 0 aliphatic heterocycles. The molecular formula is C14H11BrO3. The number of hydrogen-bond acceptors (Lipinski definition) is 3. The second-order valence-electron chi connectivity index (χ2n) is 3.30. The molecule has 0 aromatic heterocycles. The van der Waals surface area contributed by atoms with E-state index in [-0.39, 0.29) is 11.3 Å². The van der Waals surface area contributed by atoms with Crippen molar-refractivity contribution in [3.63, 3.8) is 0 Å². The summed E-state index contributed by atoms with van der Waals surface area (Å²) < 4.78 is 5.34. The van der Waals surface area contributed by atoms with Gasteiger partial charge < -0.3 is 9.84 Å². The summed E-state index contributed by atoms with van der Waals surface area (Å²) in [5.74, 6) is 1.07. The number of terminal acetylenes is 1. The van der Waals surface area contributed by atoms with Crippen LogP contribution < -0.4 is 0 Å². The van der Waals surface area contributed by atoms with Crippen LogP contribution in [-0.2, 0) is 9.53 Å². The fraction of sp³-hybridized carbons (Fsp3) is 0.0714. The molecule has 0 saturated carbocycles. The Balaban J connectivity index is 3.46. The van der Waals surface area contributed by atoms with Crippen molar-refractivity contribution in [3.05, 3.63) is 46.0 Å². The fourth-order valence-corrected chi connectivity index (χ4v) is 1.76. The van der Waals surface area contributed by atoms with Crippen LogP contribution in [0.2, 0.25) is 0 Å². The van der Waals surface area contributed by atoms with Crippen LogP contribution in [0.1, 0.15) is 11.1 Å². The number of halogens is 1. The molecule has 1 aromatic carbocycles. The lowest BCUT2D eigenvalue weighted by atomic mass is 10.0. The Morgan fingerprint density at radius 2 is 2.28 bits per heavy atom. The van der Waals surface area contributed by atoms with E-state index in [9.17, 15) is 9.90 Å². The van der Waals surface area contributed by atoms with Gasteiger partial charge in [0.15, 0.2) is 5.57 Å². The SMILES string of the molecule is C#C/C(C(=O)OC)=C(/O)c1ccc(Br)cc1C=C. The first kappa shape index (κ1) is 14.1. The molecule has 0 aliphatic carbocycles. The summed E-state index contributed by atoms with van der Waals surface area (Å²) in [6.07, 6.45) is 6.76. The molecule has 1 rings (SSSR count). The Morgan fingerprint density at radius 1 is 1.61 bits per heavy atom. The van der Waals surface area contributed by atoms with Crippen LogP contribution in [0.15, 0.2) is 34.8 Å². The minimum atomic E-state index is -0.757. The largest absolute Gasteiger partial charge is 0.506 e. The summed E-state index contributed by atoms with van der Waals surface area (Å²) in [4.78, 5) is 11.4.